The van der Waals surface area contributed by atoms with Crippen molar-refractivity contribution in [3.8, 4) is 0 Å². The molecule has 0 N–H and O–H groups in total. The molecule has 0 saturated carbocycles. The molecule has 0 amide bonds. The summed E-state index contributed by atoms with van der Waals surface area (Å²) in [6.07, 6.45) is 1.07. The van der Waals surface area contributed by atoms with Crippen LogP contribution in [0.25, 0.3) is 0 Å². The fourth-order valence-corrected chi connectivity index (χ4v) is 1.90. The third-order valence-corrected chi connectivity index (χ3v) is 3.40. The molecular weight excluding hydrogens is 348 g/mol. The van der Waals surface area contributed by atoms with Crippen LogP contribution in [0.2, 0.25) is 6.32 Å². The summed E-state index contributed by atoms with van der Waals surface area (Å²) in [4.78, 5) is 0. The summed E-state index contributed by atoms with van der Waals surface area (Å²) in [5, 5.41) is 0. The molecule has 0 aliphatic heterocycles. The van der Waals surface area contributed by atoms with Crippen molar-refractivity contribution in [1.82, 2.24) is 0 Å². The van der Waals surface area contributed by atoms with Crippen LogP contribution >= 0.6 is 0 Å². The fourth-order valence-electron chi connectivity index (χ4n) is 1.90. The van der Waals surface area contributed by atoms with E-state index in [0.29, 0.717) is 0 Å². The molecule has 32 heavy (non-hydrogen) atoms. The summed E-state index contributed by atoms with van der Waals surface area (Å²) in [6.45, 7) is 59.8. The van der Waals surface area contributed by atoms with Gasteiger partial charge in [0.2, 0.25) is 0 Å². The second-order valence-electron chi connectivity index (χ2n) is 6.08. The van der Waals surface area contributed by atoms with Crippen molar-refractivity contribution in [2.75, 3.05) is 0 Å². The molecule has 0 radical (unpaired) electrons. The molecule has 104 valence electrons. The molecule has 0 heterocycles. The molecule has 0 rings (SSSR count). The van der Waals surface area contributed by atoms with Crippen molar-refractivity contribution in [3.05, 3.63) is 0 Å². The Morgan fingerprint density at radius 3 is 0.688 bits per heavy atom. The first-order chi connectivity index (χ1) is 15.9. The average molecular weight is 354 g/mol. The maximum atomic E-state index is 3.61. The summed E-state index contributed by atoms with van der Waals surface area (Å²) in [7, 11) is 3.61. The maximum absolute atomic E-state index is 3.61. The predicted octanol–water partition coefficient (Wildman–Crippen LogP) is -10.7. The van der Waals surface area contributed by atoms with Gasteiger partial charge in [0.25, 0.3) is 0 Å². The quantitative estimate of drug-likeness (QED) is 0.256. The summed E-state index contributed by atoms with van der Waals surface area (Å²) in [6, 6.07) is 0. The van der Waals surface area contributed by atoms with Crippen LogP contribution in [0.4, 0.5) is 0 Å². The van der Waals surface area contributed by atoms with Gasteiger partial charge in [-0.3, -0.25) is 0 Å². The van der Waals surface area contributed by atoms with Crippen molar-refractivity contribution in [2.45, 2.75) is 13.2 Å². The van der Waals surface area contributed by atoms with Crippen LogP contribution in [0.15, 0.2) is 0 Å². The van der Waals surface area contributed by atoms with E-state index in [1.807, 2.05) is 174 Å². The molecule has 0 aromatic heterocycles. The zero-order chi connectivity index (χ0) is 23.2. The normalized spacial score (nSPS) is 7.62. The van der Waals surface area contributed by atoms with E-state index in [2.05, 4.69) is 27.8 Å². The number of hydrogen-bond acceptors (Lipinski definition) is 0. The van der Waals surface area contributed by atoms with Crippen molar-refractivity contribution in [1.29, 1.82) is 0 Å². The number of rotatable bonds is 15. The van der Waals surface area contributed by atoms with Crippen molar-refractivity contribution in [3.63, 3.8) is 0 Å². The van der Waals surface area contributed by atoms with E-state index in [1.165, 1.54) is 0 Å². The van der Waals surface area contributed by atoms with Crippen LogP contribution in [0.3, 0.4) is 0 Å². The van der Waals surface area contributed by atoms with Gasteiger partial charge in [0, 0.05) is 0 Å². The molecule has 0 bridgehead atoms. The van der Waals surface area contributed by atoms with E-state index < -0.39 is 0 Å². The van der Waals surface area contributed by atoms with E-state index in [-0.39, 0.29) is 0 Å². The SMILES string of the molecule is B=BB=BB=BB=BB=BB=BB=BB=BB=BB=BB=BB=BB=BB=BB=BCC. The minimum absolute atomic E-state index is 1.07. The molecule has 0 aromatic rings. The van der Waals surface area contributed by atoms with Crippen molar-refractivity contribution >= 4 is 202 Å². The average Bonchev–Trinajstić information content (AvgIpc) is 2.81. The molecule has 0 unspecified atom stereocenters. The first kappa shape index (κ1) is 33.9. The Kier molecular flexibility index (Phi) is 35.0. The van der Waals surface area contributed by atoms with E-state index >= 15 is 0 Å². The predicted molar refractivity (Wildman–Crippen MR) is 184 cm³/mol. The van der Waals surface area contributed by atoms with Gasteiger partial charge in [-0.1, -0.05) is 0 Å². The third kappa shape index (κ3) is 31.9. The van der Waals surface area contributed by atoms with Crippen LogP contribution < -0.4 is 0 Å². The molecule has 0 aromatic carbocycles. The topological polar surface area (TPSA) is 0 Å². The Morgan fingerprint density at radius 1 is 0.312 bits per heavy atom. The summed E-state index contributed by atoms with van der Waals surface area (Å²) >= 11 is 0. The number of hydrogen-bond donors (Lipinski definition) is 0. The summed E-state index contributed by atoms with van der Waals surface area (Å²) < 4.78 is 0. The van der Waals surface area contributed by atoms with E-state index in [4.69, 9.17) is 0 Å². The van der Waals surface area contributed by atoms with Gasteiger partial charge in [-0.05, 0) is 0 Å². The van der Waals surface area contributed by atoms with Gasteiger partial charge in [-0.15, -0.1) is 0 Å². The molecule has 0 fully saturated rings. The molecule has 0 atom stereocenters. The van der Waals surface area contributed by atoms with E-state index in [0.717, 1.165) is 6.32 Å². The first-order valence-electron chi connectivity index (χ1n) is 10.9. The Balaban J connectivity index is 3.97. The molecule has 0 aliphatic carbocycles. The van der Waals surface area contributed by atoms with Crippen LogP contribution in [0, 0.1) is 0 Å². The van der Waals surface area contributed by atoms with Gasteiger partial charge in [-0.2, -0.15) is 0 Å². The van der Waals surface area contributed by atoms with Crippen LogP contribution in [-0.2, 0) is 0 Å². The molecule has 0 nitrogen and oxygen atoms in total. The van der Waals surface area contributed by atoms with Crippen LogP contribution in [-0.4, -0.2) is 202 Å². The first-order valence-corrected chi connectivity index (χ1v) is 10.9. The summed E-state index contributed by atoms with van der Waals surface area (Å²) in [5.74, 6) is 0. The van der Waals surface area contributed by atoms with Gasteiger partial charge >= 0.3 is 215 Å². The second-order valence-corrected chi connectivity index (χ2v) is 6.08. The molecule has 0 aliphatic rings. The Bertz CT molecular complexity index is 872. The standard InChI is InChI=1S/C2H6B30/c1-2-4-6-8-10-12-14-16-18-20-22-24-26-28-30-32-31-29-27-25-23-21-19-17-15-13-11-9-7-5-3/h3H,2H2,1H3. The second kappa shape index (κ2) is 32.9. The van der Waals surface area contributed by atoms with E-state index in [1.54, 1.807) is 6.69 Å². The Morgan fingerprint density at radius 2 is 0.500 bits per heavy atom. The van der Waals surface area contributed by atoms with Gasteiger partial charge in [0.15, 0.2) is 0 Å². The molecule has 0 saturated heterocycles. The molecule has 0 spiro atoms. The van der Waals surface area contributed by atoms with Gasteiger partial charge < -0.3 is 0 Å². The Hall–Kier alpha value is 1.95. The van der Waals surface area contributed by atoms with E-state index in [9.17, 15) is 0 Å². The van der Waals surface area contributed by atoms with Crippen LogP contribution in [0.5, 0.6) is 0 Å². The third-order valence-electron chi connectivity index (χ3n) is 3.40. The van der Waals surface area contributed by atoms with Crippen molar-refractivity contribution < 1.29 is 0 Å². The zero-order valence-electron chi connectivity index (χ0n) is 19.2. The Labute approximate surface area is 213 Å². The van der Waals surface area contributed by atoms with Gasteiger partial charge in [0.05, 0.1) is 0 Å². The zero-order valence-corrected chi connectivity index (χ0v) is 19.2. The summed E-state index contributed by atoms with van der Waals surface area (Å²) in [5.41, 5.74) is 0. The van der Waals surface area contributed by atoms with Crippen molar-refractivity contribution in [2.24, 2.45) is 0 Å². The van der Waals surface area contributed by atoms with Crippen LogP contribution in [0.1, 0.15) is 6.92 Å². The fraction of sp³-hybridized carbons (Fsp3) is 1.00. The molecular formula is C2H6B30. The van der Waals surface area contributed by atoms with Gasteiger partial charge in [-0.25, -0.2) is 0 Å². The minimum atomic E-state index is 1.07. The molecule has 30 heteroatoms. The van der Waals surface area contributed by atoms with Gasteiger partial charge in [0.1, 0.15) is 0 Å². The monoisotopic (exact) mass is 360 g/mol.